The van der Waals surface area contributed by atoms with Crippen molar-refractivity contribution < 1.29 is 108 Å². The van der Waals surface area contributed by atoms with Gasteiger partial charge in [0.25, 0.3) is 41.4 Å². The summed E-state index contributed by atoms with van der Waals surface area (Å²) in [5.74, 6) is -2.34. The predicted octanol–water partition coefficient (Wildman–Crippen LogP) is 5.64. The highest BCUT2D eigenvalue weighted by Crippen LogP contribution is 2.45. The van der Waals surface area contributed by atoms with E-state index in [0.29, 0.717) is 97.9 Å². The minimum atomic E-state index is -1.64. The Morgan fingerprint density at radius 3 is 1.32 bits per heavy atom. The van der Waals surface area contributed by atoms with Crippen LogP contribution in [0.1, 0.15) is 93.1 Å². The highest BCUT2D eigenvalue weighted by atomic mass is 35.5. The fourth-order valence-corrected chi connectivity index (χ4v) is 18.3. The number of carbonyl (C=O) groups is 13. The number of methoxy groups -OCH3 is 4. The molecule has 6 fully saturated rings. The molecular formula is C89H76ClF2N19O21. The molecule has 18 heterocycles. The van der Waals surface area contributed by atoms with Crippen molar-refractivity contribution in [2.45, 2.75) is 54.6 Å². The van der Waals surface area contributed by atoms with Crippen LogP contribution in [0.15, 0.2) is 158 Å². The zero-order valence-corrected chi connectivity index (χ0v) is 71.0. The summed E-state index contributed by atoms with van der Waals surface area (Å²) in [5, 5.41) is 25.6. The van der Waals surface area contributed by atoms with E-state index in [1.807, 2.05) is 11.0 Å². The third kappa shape index (κ3) is 14.8. The Bertz CT molecular complexity index is 6970. The molecule has 0 radical (unpaired) electrons. The Hall–Kier alpha value is -16.1. The molecule has 0 aliphatic carbocycles. The summed E-state index contributed by atoms with van der Waals surface area (Å²) in [5.41, 5.74) is -0.645. The van der Waals surface area contributed by atoms with E-state index < -0.39 is 87.2 Å². The van der Waals surface area contributed by atoms with E-state index in [1.54, 1.807) is 103 Å². The van der Waals surface area contributed by atoms with Gasteiger partial charge in [-0.3, -0.25) is 69.2 Å². The van der Waals surface area contributed by atoms with Crippen LogP contribution in [0.3, 0.4) is 0 Å². The number of ether oxygens (including phenoxy) is 4. The molecule has 6 saturated heterocycles. The molecule has 4 atom stereocenters. The van der Waals surface area contributed by atoms with Gasteiger partial charge in [0.1, 0.15) is 85.1 Å². The van der Waals surface area contributed by atoms with Gasteiger partial charge in [0.2, 0.25) is 23.4 Å². The Morgan fingerprint density at radius 1 is 0.424 bits per heavy atom. The molecule has 4 aromatic carbocycles. The third-order valence-electron chi connectivity index (χ3n) is 24.7. The summed E-state index contributed by atoms with van der Waals surface area (Å²) in [4.78, 5) is 192. The molecule has 674 valence electrons. The molecular weight excluding hydrogens is 1740 g/mol. The number of aromatic nitrogens is 4. The molecule has 10 aliphatic rings. The largest absolute Gasteiger partial charge is 0.497 e. The number of urea groups is 3. The average Bonchev–Trinajstić information content (AvgIpc) is 1.60. The average molecular weight is 1820 g/mol. The molecule has 12 aromatic rings. The van der Waals surface area contributed by atoms with Gasteiger partial charge in [0.05, 0.1) is 89.0 Å². The van der Waals surface area contributed by atoms with Crippen LogP contribution in [0.2, 0.25) is 5.15 Å². The molecule has 0 unspecified atom stereocenters. The third-order valence-corrected chi connectivity index (χ3v) is 25.0. The first-order valence-electron chi connectivity index (χ1n) is 41.2. The van der Waals surface area contributed by atoms with Crippen molar-refractivity contribution in [2.75, 3.05) is 110 Å². The Labute approximate surface area is 748 Å². The Kier molecular flexibility index (Phi) is 21.4. The lowest BCUT2D eigenvalue weighted by atomic mass is 9.82. The number of benzene rings is 4. The van der Waals surface area contributed by atoms with Gasteiger partial charge in [-0.05, 0) is 113 Å². The molecule has 43 heteroatoms. The SMILES string of the molecule is COc1ccc2c(c1)C(=O)N(C[C@@]1(c3cc4c(Cl)nccc4o3)NC(=O)NC1=O)C2.COc1ccc2c(c1)C(=O)N(C[C@@]1(c3cc4c(N5CCNC(=O)C5)nccc4o3)NC(=O)NC1=O)C2.COc1ccc2c(c1)C(=O)N(C[C@@]1(c3cc4c(N5CCNCC5)nccc4o3)NC(=O)NC1=O)C2.COc1ccc2c(c1F)C(=O)N(C[C@@]1(c3cc4cc(F)cnc4o3)CC(=O)NC1=O)C2. The zero-order valence-electron chi connectivity index (χ0n) is 70.3. The summed E-state index contributed by atoms with van der Waals surface area (Å²) < 4.78 is 72.6. The van der Waals surface area contributed by atoms with Gasteiger partial charge in [0, 0.05) is 113 Å². The number of fused-ring (bicyclic) bond motifs is 8. The van der Waals surface area contributed by atoms with Gasteiger partial charge in [0.15, 0.2) is 28.2 Å². The molecule has 9 N–H and O–H groups in total. The van der Waals surface area contributed by atoms with E-state index in [0.717, 1.165) is 60.3 Å². The molecule has 10 aliphatic heterocycles. The van der Waals surface area contributed by atoms with Crippen LogP contribution in [0, 0.1) is 11.6 Å². The number of pyridine rings is 4. The van der Waals surface area contributed by atoms with Crippen molar-refractivity contribution in [3.63, 3.8) is 0 Å². The van der Waals surface area contributed by atoms with Gasteiger partial charge < -0.3 is 92.6 Å². The van der Waals surface area contributed by atoms with Gasteiger partial charge in [-0.25, -0.2) is 43.1 Å². The Morgan fingerprint density at radius 2 is 0.871 bits per heavy atom. The number of nitrogens with one attached hydrogen (secondary N) is 9. The Balaban J connectivity index is 0.000000114. The number of amides is 16. The highest BCUT2D eigenvalue weighted by Gasteiger charge is 2.58. The van der Waals surface area contributed by atoms with Crippen LogP contribution in [0.5, 0.6) is 23.0 Å². The maximum Gasteiger partial charge on any atom is 0.322 e. The first-order valence-corrected chi connectivity index (χ1v) is 41.6. The van der Waals surface area contributed by atoms with Crippen molar-refractivity contribution in [3.8, 4) is 23.0 Å². The first kappa shape index (κ1) is 85.3. The number of carbonyl (C=O) groups excluding carboxylic acids is 13. The maximum absolute atomic E-state index is 14.7. The van der Waals surface area contributed by atoms with E-state index in [4.69, 9.17) is 48.2 Å². The molecule has 8 aromatic heterocycles. The van der Waals surface area contributed by atoms with Crippen molar-refractivity contribution in [1.29, 1.82) is 0 Å². The number of furan rings is 4. The van der Waals surface area contributed by atoms with Gasteiger partial charge in [-0.1, -0.05) is 35.9 Å². The first-order chi connectivity index (χ1) is 63.6. The van der Waals surface area contributed by atoms with Crippen LogP contribution < -0.4 is 76.6 Å². The molecule has 40 nitrogen and oxygen atoms in total. The standard InChI is InChI=1S/C24H22N6O6.C24H24N6O5.C21H15F2N3O5.C20H15ClN4O5/c1-35-14-3-2-13-10-30(21(32)15(13)8-14)12-24(22(33)27-23(34)28-24)18-9-16-17(36-18)4-5-26-20(16)29-7-6-25-19(31)11-29;1-34-15-3-2-14-12-30(21(31)16(14)10-15)13-24(22(32)27-23(33)28-24)19-11-17-18(35-19)4-5-26-20(17)29-8-6-25-7-9-29;1-30-13-3-2-10-8-26(19(28)16(10)17(13)23)9-21(6-15(27)25-20(21)29)14-5-11-4-12(22)7-24-18(11)31-14;1-29-11-3-2-10-8-25(17(26)12(10)6-11)9-20(18(27)23-19(28)24-20)15-7-13-14(30-15)4-5-22-16(13)21/h2-5,8-9H,6-7,10-12H2,1H3,(H,25,31)(H2,27,28,33,34);2-5,10-11,25H,6-9,12-13H2,1H3,(H2,27,28,32,33);2-5,7H,6,8-9H2,1H3,(H,25,27,29);2-7H,8-9H2,1H3,(H2,23,24,27,28)/t2*24-;21-;20-/m0010/s1. The number of anilines is 2. The second-order valence-electron chi connectivity index (χ2n) is 32.5. The van der Waals surface area contributed by atoms with Crippen LogP contribution in [0.4, 0.5) is 34.8 Å². The number of hydrogen-bond acceptors (Lipinski definition) is 28. The topological polar surface area (TPSA) is 491 Å². The van der Waals surface area contributed by atoms with Crippen LogP contribution in [0.25, 0.3) is 44.0 Å². The van der Waals surface area contributed by atoms with E-state index >= 15 is 0 Å². The lowest BCUT2D eigenvalue weighted by Crippen LogP contribution is -2.52. The lowest BCUT2D eigenvalue weighted by Gasteiger charge is -2.29. The smallest absolute Gasteiger partial charge is 0.322 e. The maximum atomic E-state index is 14.7. The molecule has 132 heavy (non-hydrogen) atoms. The van der Waals surface area contributed by atoms with E-state index in [2.05, 4.69) is 72.7 Å². The zero-order chi connectivity index (χ0) is 92.1. The molecule has 0 spiro atoms. The number of hydrogen-bond donors (Lipinski definition) is 9. The fraction of sp³-hybridized carbons (Fsp3) is 0.270. The van der Waals surface area contributed by atoms with Crippen molar-refractivity contribution in [3.05, 3.63) is 224 Å². The highest BCUT2D eigenvalue weighted by molar-refractivity contribution is 6.34. The molecule has 16 amide bonds. The van der Waals surface area contributed by atoms with Crippen molar-refractivity contribution in [1.82, 2.24) is 87.4 Å². The van der Waals surface area contributed by atoms with Crippen LogP contribution >= 0.6 is 11.6 Å². The fourth-order valence-electron chi connectivity index (χ4n) is 18.1. The number of nitrogens with zero attached hydrogens (tertiary/aromatic N) is 10. The monoisotopic (exact) mass is 1820 g/mol. The van der Waals surface area contributed by atoms with Crippen LogP contribution in [-0.4, -0.2) is 217 Å². The van der Waals surface area contributed by atoms with E-state index in [-0.39, 0.29) is 128 Å². The normalized spacial score (nSPS) is 21.1. The van der Waals surface area contributed by atoms with Crippen molar-refractivity contribution in [2.24, 2.45) is 0 Å². The van der Waals surface area contributed by atoms with E-state index in [1.165, 1.54) is 72.4 Å². The minimum absolute atomic E-state index is 0.0470. The second-order valence-corrected chi connectivity index (χ2v) is 32.9. The lowest BCUT2D eigenvalue weighted by molar-refractivity contribution is -0.127. The number of halogens is 3. The van der Waals surface area contributed by atoms with Crippen LogP contribution in [-0.2, 0) is 77.0 Å². The molecule has 0 saturated carbocycles. The summed E-state index contributed by atoms with van der Waals surface area (Å²) in [6, 6.07) is 29.3. The second kappa shape index (κ2) is 33.2. The molecule has 22 rings (SSSR count). The number of imide groups is 4. The summed E-state index contributed by atoms with van der Waals surface area (Å²) in [6.45, 7) is 4.75. The van der Waals surface area contributed by atoms with Gasteiger partial charge >= 0.3 is 18.1 Å². The van der Waals surface area contributed by atoms with Gasteiger partial charge in [-0.15, -0.1) is 0 Å². The number of rotatable bonds is 18. The number of piperazine rings is 2. The summed E-state index contributed by atoms with van der Waals surface area (Å²) in [7, 11) is 5.88. The van der Waals surface area contributed by atoms with Crippen molar-refractivity contribution >= 4 is 144 Å². The minimum Gasteiger partial charge on any atom is -0.497 e. The predicted molar refractivity (Wildman–Crippen MR) is 457 cm³/mol. The van der Waals surface area contributed by atoms with Gasteiger partial charge in [-0.2, -0.15) is 0 Å². The summed E-state index contributed by atoms with van der Waals surface area (Å²) >= 11 is 6.14. The molecule has 0 bridgehead atoms. The summed E-state index contributed by atoms with van der Waals surface area (Å²) in [6.07, 6.45) is 5.40. The van der Waals surface area contributed by atoms with E-state index in [9.17, 15) is 71.1 Å². The quantitative estimate of drug-likeness (QED) is 0.0285.